The molecule has 1 aromatic carbocycles. The Bertz CT molecular complexity index is 937. The number of methoxy groups -OCH3 is 1. The van der Waals surface area contributed by atoms with Crippen molar-refractivity contribution < 1.29 is 24.1 Å². The van der Waals surface area contributed by atoms with Gasteiger partial charge in [-0.3, -0.25) is 0 Å². The van der Waals surface area contributed by atoms with Crippen molar-refractivity contribution in [1.29, 1.82) is 0 Å². The highest BCUT2D eigenvalue weighted by molar-refractivity contribution is 5.92. The summed E-state index contributed by atoms with van der Waals surface area (Å²) in [6, 6.07) is 2.88. The van der Waals surface area contributed by atoms with Gasteiger partial charge in [-0.25, -0.2) is 4.79 Å². The maximum Gasteiger partial charge on any atom is 0.336 e. The molecule has 26 heavy (non-hydrogen) atoms. The molecule has 2 heterocycles. The summed E-state index contributed by atoms with van der Waals surface area (Å²) < 4.78 is 17.1. The maximum atomic E-state index is 11.9. The molecular formula is C20H24O6. The molecule has 6 nitrogen and oxygen atoms in total. The van der Waals surface area contributed by atoms with E-state index in [1.54, 1.807) is 26.0 Å². The van der Waals surface area contributed by atoms with Crippen molar-refractivity contribution >= 4 is 11.0 Å². The molecule has 0 saturated heterocycles. The molecule has 0 saturated carbocycles. The Morgan fingerprint density at radius 2 is 1.96 bits per heavy atom. The number of rotatable bonds is 3. The number of benzene rings is 1. The molecule has 1 aromatic heterocycles. The summed E-state index contributed by atoms with van der Waals surface area (Å²) in [6.45, 7) is 11.1. The van der Waals surface area contributed by atoms with Gasteiger partial charge in [-0.1, -0.05) is 19.9 Å². The number of ether oxygens (including phenoxy) is 2. The Morgan fingerprint density at radius 3 is 2.54 bits per heavy atom. The van der Waals surface area contributed by atoms with E-state index in [9.17, 15) is 15.0 Å². The van der Waals surface area contributed by atoms with Crippen molar-refractivity contribution in [3.05, 3.63) is 46.3 Å². The first kappa shape index (κ1) is 18.5. The first-order chi connectivity index (χ1) is 12.0. The van der Waals surface area contributed by atoms with Crippen molar-refractivity contribution in [3.8, 4) is 11.5 Å². The van der Waals surface area contributed by atoms with Gasteiger partial charge in [-0.05, 0) is 19.9 Å². The second-order valence-electron chi connectivity index (χ2n) is 7.67. The topological polar surface area (TPSA) is 89.1 Å². The maximum absolute atomic E-state index is 11.9. The smallest absolute Gasteiger partial charge is 0.336 e. The first-order valence-electron chi connectivity index (χ1n) is 8.42. The average Bonchev–Trinajstić information content (AvgIpc) is 2.57. The van der Waals surface area contributed by atoms with E-state index in [0.717, 1.165) is 0 Å². The number of hydrogen-bond acceptors (Lipinski definition) is 6. The van der Waals surface area contributed by atoms with Crippen LogP contribution in [0.15, 0.2) is 34.0 Å². The highest BCUT2D eigenvalue weighted by atomic mass is 16.5. The summed E-state index contributed by atoms with van der Waals surface area (Å²) in [6.07, 6.45) is -0.661. The molecule has 140 valence electrons. The van der Waals surface area contributed by atoms with Crippen molar-refractivity contribution in [2.75, 3.05) is 7.11 Å². The minimum absolute atomic E-state index is 0.310. The zero-order valence-electron chi connectivity index (χ0n) is 15.6. The minimum atomic E-state index is -1.22. The summed E-state index contributed by atoms with van der Waals surface area (Å²) in [7, 11) is 1.46. The Kier molecular flexibility index (Phi) is 4.16. The molecule has 0 amide bonds. The quantitative estimate of drug-likeness (QED) is 0.646. The second-order valence-corrected chi connectivity index (χ2v) is 7.67. The Balaban J connectivity index is 2.57. The van der Waals surface area contributed by atoms with E-state index < -0.39 is 28.8 Å². The van der Waals surface area contributed by atoms with Gasteiger partial charge in [0, 0.05) is 17.0 Å². The molecule has 2 atom stereocenters. The number of hydrogen-bond donors (Lipinski definition) is 2. The van der Waals surface area contributed by atoms with Crippen LogP contribution in [0.1, 0.15) is 44.9 Å². The standard InChI is InChI=1S/C20H24O6/c1-7-19(2,3)13-16-10(8-9-11(21)25-16)15(24-6)12-14(22)18(23)20(4,5)26-17(12)13/h7-9,14,18,22-23H,1H2,2-6H3/t14-,18+/m0/s1. The average molecular weight is 360 g/mol. The van der Waals surface area contributed by atoms with Crippen LogP contribution < -0.4 is 15.1 Å². The third kappa shape index (κ3) is 2.52. The summed E-state index contributed by atoms with van der Waals surface area (Å²) in [4.78, 5) is 11.9. The molecule has 1 aliphatic rings. The molecule has 6 heteroatoms. The van der Waals surface area contributed by atoms with E-state index in [1.807, 2.05) is 13.8 Å². The molecule has 0 unspecified atom stereocenters. The zero-order chi connectivity index (χ0) is 19.4. The van der Waals surface area contributed by atoms with Gasteiger partial charge < -0.3 is 24.1 Å². The van der Waals surface area contributed by atoms with E-state index in [4.69, 9.17) is 13.9 Å². The summed E-state index contributed by atoms with van der Waals surface area (Å²) >= 11 is 0. The second kappa shape index (κ2) is 5.86. The Hall–Kier alpha value is -2.31. The molecule has 0 radical (unpaired) electrons. The molecule has 0 bridgehead atoms. The zero-order valence-corrected chi connectivity index (χ0v) is 15.6. The van der Waals surface area contributed by atoms with Crippen LogP contribution in [-0.2, 0) is 5.41 Å². The monoisotopic (exact) mass is 360 g/mol. The van der Waals surface area contributed by atoms with E-state index >= 15 is 0 Å². The fourth-order valence-electron chi connectivity index (χ4n) is 3.41. The lowest BCUT2D eigenvalue weighted by molar-refractivity contribution is -0.113. The SMILES string of the molecule is C=CC(C)(C)c1c2c(c(OC)c3ccc(=O)oc13)[C@H](O)[C@@H](O)C(C)(C)O2. The normalized spacial score (nSPS) is 21.8. The third-order valence-electron chi connectivity index (χ3n) is 5.05. The third-order valence-corrected chi connectivity index (χ3v) is 5.05. The van der Waals surface area contributed by atoms with Gasteiger partial charge in [0.05, 0.1) is 18.1 Å². The van der Waals surface area contributed by atoms with Gasteiger partial charge in [-0.2, -0.15) is 0 Å². The summed E-state index contributed by atoms with van der Waals surface area (Å²) in [5.41, 5.74) is -0.954. The lowest BCUT2D eigenvalue weighted by atomic mass is 9.78. The van der Waals surface area contributed by atoms with Crippen LogP contribution in [0.3, 0.4) is 0 Å². The van der Waals surface area contributed by atoms with Crippen LogP contribution in [-0.4, -0.2) is 29.0 Å². The highest BCUT2D eigenvalue weighted by Gasteiger charge is 2.47. The van der Waals surface area contributed by atoms with E-state index in [1.165, 1.54) is 13.2 Å². The van der Waals surface area contributed by atoms with Gasteiger partial charge in [0.15, 0.2) is 0 Å². The molecule has 2 N–H and O–H groups in total. The van der Waals surface area contributed by atoms with E-state index in [2.05, 4.69) is 6.58 Å². The molecule has 0 fully saturated rings. The molecule has 1 aliphatic heterocycles. The van der Waals surface area contributed by atoms with Gasteiger partial charge in [0.1, 0.15) is 34.9 Å². The Morgan fingerprint density at radius 1 is 1.31 bits per heavy atom. The van der Waals surface area contributed by atoms with Crippen molar-refractivity contribution in [1.82, 2.24) is 0 Å². The number of aliphatic hydroxyl groups is 2. The van der Waals surface area contributed by atoms with E-state index in [-0.39, 0.29) is 0 Å². The summed E-state index contributed by atoms with van der Waals surface area (Å²) in [5.74, 6) is 0.654. The summed E-state index contributed by atoms with van der Waals surface area (Å²) in [5, 5.41) is 21.9. The van der Waals surface area contributed by atoms with Gasteiger partial charge >= 0.3 is 5.63 Å². The number of allylic oxidation sites excluding steroid dienone is 1. The van der Waals surface area contributed by atoms with Crippen LogP contribution in [0.5, 0.6) is 11.5 Å². The van der Waals surface area contributed by atoms with Crippen molar-refractivity contribution in [3.63, 3.8) is 0 Å². The van der Waals surface area contributed by atoms with Gasteiger partial charge in [0.25, 0.3) is 0 Å². The van der Waals surface area contributed by atoms with Gasteiger partial charge in [-0.15, -0.1) is 6.58 Å². The molecule has 0 aliphatic carbocycles. The Labute approximate surface area is 151 Å². The van der Waals surface area contributed by atoms with Crippen molar-refractivity contribution in [2.45, 2.75) is 50.9 Å². The molecule has 0 spiro atoms. The first-order valence-corrected chi connectivity index (χ1v) is 8.42. The van der Waals surface area contributed by atoms with Crippen LogP contribution in [0.25, 0.3) is 11.0 Å². The van der Waals surface area contributed by atoms with Crippen LogP contribution in [0.4, 0.5) is 0 Å². The predicted molar refractivity (Wildman–Crippen MR) is 97.9 cm³/mol. The van der Waals surface area contributed by atoms with Crippen molar-refractivity contribution in [2.24, 2.45) is 0 Å². The fourth-order valence-corrected chi connectivity index (χ4v) is 3.41. The minimum Gasteiger partial charge on any atom is -0.495 e. The van der Waals surface area contributed by atoms with E-state index in [0.29, 0.717) is 33.6 Å². The highest BCUT2D eigenvalue weighted by Crippen LogP contribution is 2.53. The molecule has 3 rings (SSSR count). The van der Waals surface area contributed by atoms with Crippen LogP contribution in [0, 0.1) is 0 Å². The van der Waals surface area contributed by atoms with Crippen LogP contribution in [0.2, 0.25) is 0 Å². The largest absolute Gasteiger partial charge is 0.495 e. The lowest BCUT2D eigenvalue weighted by Crippen LogP contribution is -2.49. The molecule has 2 aromatic rings. The van der Waals surface area contributed by atoms with Crippen LogP contribution >= 0.6 is 0 Å². The fraction of sp³-hybridized carbons (Fsp3) is 0.450. The number of aliphatic hydroxyl groups excluding tert-OH is 2. The molecular weight excluding hydrogens is 336 g/mol. The number of fused-ring (bicyclic) bond motifs is 2. The lowest BCUT2D eigenvalue weighted by Gasteiger charge is -2.42. The van der Waals surface area contributed by atoms with Gasteiger partial charge in [0.2, 0.25) is 0 Å². The predicted octanol–water partition coefficient (Wildman–Crippen LogP) is 2.83.